The highest BCUT2D eigenvalue weighted by Crippen LogP contribution is 2.03. The summed E-state index contributed by atoms with van der Waals surface area (Å²) in [7, 11) is 0. The van der Waals surface area contributed by atoms with Crippen molar-refractivity contribution < 1.29 is 59.4 Å². The van der Waals surface area contributed by atoms with Gasteiger partial charge in [0.05, 0.1) is 0 Å². The number of carboxylic acid groups (broad SMARTS) is 6. The molecule has 0 rings (SSSR count). The van der Waals surface area contributed by atoms with Crippen molar-refractivity contribution in [1.29, 1.82) is 0 Å². The fraction of sp³-hybridized carbons (Fsp3) is 0.778. The molecule has 61 heavy (non-hydrogen) atoms. The molecule has 0 aliphatic heterocycles. The molecule has 0 aliphatic rings. The molecule has 6 atom stereocenters. The number of nitrogens with zero attached hydrogens (tertiary/aromatic N) is 2. The minimum Gasteiger partial charge on any atom is -0.480 e. The van der Waals surface area contributed by atoms with Gasteiger partial charge in [0.1, 0.15) is 36.3 Å². The first kappa shape index (κ1) is 67.8. The van der Waals surface area contributed by atoms with E-state index in [2.05, 4.69) is 9.98 Å². The number of hydrogen-bond acceptors (Lipinski definition) is 15. The highest BCUT2D eigenvalue weighted by molar-refractivity contribution is 5.76. The molecule has 0 saturated heterocycles. The summed E-state index contributed by atoms with van der Waals surface area (Å²) in [5.41, 5.74) is 56.7. The Kier molecular flexibility index (Phi) is 48.0. The molecule has 362 valence electrons. The minimum atomic E-state index is -1.00. The Hall–Kier alpha value is -4.92. The highest BCUT2D eigenvalue weighted by atomic mass is 16.4. The van der Waals surface area contributed by atoms with Gasteiger partial charge in [-0.3, -0.25) is 38.8 Å². The third kappa shape index (κ3) is 61.9. The van der Waals surface area contributed by atoms with Gasteiger partial charge in [-0.1, -0.05) is 48.0 Å². The number of unbranched alkanes of at least 4 members (excludes halogenated alkanes) is 1. The Morgan fingerprint density at radius 1 is 0.393 bits per heavy atom. The van der Waals surface area contributed by atoms with E-state index in [9.17, 15) is 28.8 Å². The number of guanidine groups is 2. The molecule has 0 aromatic carbocycles. The first-order chi connectivity index (χ1) is 27.9. The minimum absolute atomic E-state index is 0.0129. The van der Waals surface area contributed by atoms with Gasteiger partial charge in [-0.05, 0) is 82.1 Å². The molecule has 0 radical (unpaired) electrons. The maximum atomic E-state index is 10.2. The molecule has 0 bridgehead atoms. The zero-order chi connectivity index (χ0) is 49.4. The quantitative estimate of drug-likeness (QED) is 0.0277. The zero-order valence-electron chi connectivity index (χ0n) is 36.8. The van der Waals surface area contributed by atoms with Crippen LogP contribution in [0.2, 0.25) is 0 Å². The Balaban J connectivity index is -0.000000149. The lowest BCUT2D eigenvalue weighted by Gasteiger charge is -2.07. The lowest BCUT2D eigenvalue weighted by Crippen LogP contribution is -2.31. The predicted molar refractivity (Wildman–Crippen MR) is 235 cm³/mol. The number of carbonyl (C=O) groups is 6. The second-order valence-corrected chi connectivity index (χ2v) is 14.7. The van der Waals surface area contributed by atoms with E-state index in [0.29, 0.717) is 88.8 Å². The molecule has 6 unspecified atom stereocenters. The summed E-state index contributed by atoms with van der Waals surface area (Å²) in [5.74, 6) is -4.58. The molecular formula is C36H81N13O12. The normalized spacial score (nSPS) is 13.0. The van der Waals surface area contributed by atoms with Crippen molar-refractivity contribution in [3.05, 3.63) is 0 Å². The number of aliphatic imine (C=N–C) groups is 2. The third-order valence-corrected chi connectivity index (χ3v) is 6.98. The molecule has 0 heterocycles. The first-order valence-corrected chi connectivity index (χ1v) is 19.6. The van der Waals surface area contributed by atoms with Crippen LogP contribution in [0.5, 0.6) is 0 Å². The van der Waals surface area contributed by atoms with Crippen molar-refractivity contribution in [2.45, 2.75) is 142 Å². The van der Waals surface area contributed by atoms with Crippen LogP contribution in [0, 0.1) is 17.8 Å². The van der Waals surface area contributed by atoms with Gasteiger partial charge in [0.25, 0.3) is 0 Å². The number of aliphatic carboxylic acids is 6. The van der Waals surface area contributed by atoms with Crippen LogP contribution in [0.25, 0.3) is 0 Å². The van der Waals surface area contributed by atoms with E-state index >= 15 is 0 Å². The van der Waals surface area contributed by atoms with Crippen LogP contribution in [-0.4, -0.2) is 134 Å². The monoisotopic (exact) mass is 888 g/mol. The molecule has 0 aromatic heterocycles. The molecular weight excluding hydrogens is 806 g/mol. The van der Waals surface area contributed by atoms with E-state index in [1.807, 2.05) is 41.5 Å². The van der Waals surface area contributed by atoms with Gasteiger partial charge in [-0.2, -0.15) is 0 Å². The molecule has 0 aromatic rings. The maximum absolute atomic E-state index is 10.2. The lowest BCUT2D eigenvalue weighted by molar-refractivity contribution is -0.139. The van der Waals surface area contributed by atoms with Crippen LogP contribution in [0.15, 0.2) is 9.98 Å². The summed E-state index contributed by atoms with van der Waals surface area (Å²) in [5, 5.41) is 50.0. The van der Waals surface area contributed by atoms with E-state index in [1.165, 1.54) is 0 Å². The summed E-state index contributed by atoms with van der Waals surface area (Å²) >= 11 is 0. The van der Waals surface area contributed by atoms with Gasteiger partial charge in [0.2, 0.25) is 0 Å². The predicted octanol–water partition coefficient (Wildman–Crippen LogP) is -2.24. The van der Waals surface area contributed by atoms with Crippen molar-refractivity contribution in [3.63, 3.8) is 0 Å². The van der Waals surface area contributed by atoms with E-state index < -0.39 is 72.1 Å². The molecule has 25 heteroatoms. The average Bonchev–Trinajstić information content (AvgIpc) is 3.11. The van der Waals surface area contributed by atoms with Crippen molar-refractivity contribution in [3.8, 4) is 0 Å². The van der Waals surface area contributed by atoms with E-state index in [-0.39, 0.29) is 11.9 Å². The van der Waals surface area contributed by atoms with E-state index in [0.717, 1.165) is 12.8 Å². The standard InChI is InChI=1S/2C6H14N4O2.C6H14N2O2.3C6H13NO2/c2*7-4(5(11)12)2-1-3-10-6(8)9;7-4-2-1-3-5(8)6(9)10;3*1-4(2)3-5(7)6(8)9/h2*4H,1-3,7H2,(H,11,12)(H4,8,9,10);5H,1-4,7-8H2,(H,9,10);3*4-5H,3,7H2,1-2H3,(H,8,9). The number of nitrogens with two attached hydrogens (primary N) is 11. The zero-order valence-corrected chi connectivity index (χ0v) is 36.8. The Labute approximate surface area is 359 Å². The number of hydrogen-bond donors (Lipinski definition) is 17. The SMILES string of the molecule is CC(C)CC(N)C(=O)O.CC(C)CC(N)C(=O)O.CC(C)CC(N)C(=O)O.NC(N)=NCCCC(N)C(=O)O.NC(N)=NCCCC(N)C(=O)O.NCCCCC(N)C(=O)O. The summed E-state index contributed by atoms with van der Waals surface area (Å²) in [6.07, 6.45) is 5.73. The van der Waals surface area contributed by atoms with Crippen LogP contribution in [0.4, 0.5) is 0 Å². The van der Waals surface area contributed by atoms with Gasteiger partial charge >= 0.3 is 35.8 Å². The molecule has 28 N–H and O–H groups in total. The molecule has 25 nitrogen and oxygen atoms in total. The average molecular weight is 888 g/mol. The number of rotatable bonds is 24. The summed E-state index contributed by atoms with van der Waals surface area (Å²) in [6.45, 7) is 13.1. The van der Waals surface area contributed by atoms with Crippen LogP contribution < -0.4 is 63.1 Å². The van der Waals surface area contributed by atoms with Crippen molar-refractivity contribution in [2.24, 2.45) is 90.8 Å². The van der Waals surface area contributed by atoms with Crippen LogP contribution in [0.1, 0.15) is 106 Å². The maximum Gasteiger partial charge on any atom is 0.320 e. The molecule has 0 aliphatic carbocycles. The lowest BCUT2D eigenvalue weighted by atomic mass is 10.1. The largest absolute Gasteiger partial charge is 0.480 e. The van der Waals surface area contributed by atoms with Gasteiger partial charge < -0.3 is 93.7 Å². The number of carboxylic acids is 6. The van der Waals surface area contributed by atoms with E-state index in [1.54, 1.807) is 0 Å². The highest BCUT2D eigenvalue weighted by Gasteiger charge is 2.14. The Bertz CT molecular complexity index is 1130. The van der Waals surface area contributed by atoms with E-state index in [4.69, 9.17) is 93.7 Å². The molecule has 0 amide bonds. The topological polar surface area (TPSA) is 535 Å². The van der Waals surface area contributed by atoms with Crippen LogP contribution in [-0.2, 0) is 28.8 Å². The molecule has 0 saturated carbocycles. The Morgan fingerprint density at radius 3 is 0.754 bits per heavy atom. The summed E-state index contributed by atoms with van der Waals surface area (Å²) in [4.78, 5) is 68.3. The molecule has 0 spiro atoms. The van der Waals surface area contributed by atoms with Gasteiger partial charge in [0.15, 0.2) is 11.9 Å². The van der Waals surface area contributed by atoms with Crippen molar-refractivity contribution >= 4 is 47.7 Å². The fourth-order valence-corrected chi connectivity index (χ4v) is 3.74. The third-order valence-electron chi connectivity index (χ3n) is 6.98. The first-order valence-electron chi connectivity index (χ1n) is 19.6. The molecule has 0 fully saturated rings. The second-order valence-electron chi connectivity index (χ2n) is 14.7. The fourth-order valence-electron chi connectivity index (χ4n) is 3.74. The van der Waals surface area contributed by atoms with Gasteiger partial charge in [-0.25, -0.2) is 0 Å². The van der Waals surface area contributed by atoms with Gasteiger partial charge in [0, 0.05) is 13.1 Å². The summed E-state index contributed by atoms with van der Waals surface area (Å²) < 4.78 is 0. The van der Waals surface area contributed by atoms with Crippen molar-refractivity contribution in [1.82, 2.24) is 0 Å². The van der Waals surface area contributed by atoms with Crippen LogP contribution in [0.3, 0.4) is 0 Å². The van der Waals surface area contributed by atoms with Gasteiger partial charge in [-0.15, -0.1) is 0 Å². The smallest absolute Gasteiger partial charge is 0.320 e. The van der Waals surface area contributed by atoms with Crippen molar-refractivity contribution in [2.75, 3.05) is 19.6 Å². The second kappa shape index (κ2) is 43.2. The Morgan fingerprint density at radius 2 is 0.607 bits per heavy atom. The van der Waals surface area contributed by atoms with Crippen LogP contribution >= 0.6 is 0 Å². The summed E-state index contributed by atoms with van der Waals surface area (Å²) in [6, 6.07) is -4.43.